The van der Waals surface area contributed by atoms with Crippen LogP contribution in [0.5, 0.6) is 5.75 Å². The molecule has 0 spiro atoms. The van der Waals surface area contributed by atoms with E-state index in [0.717, 1.165) is 17.4 Å². The fourth-order valence-corrected chi connectivity index (χ4v) is 2.92. The molecule has 0 bridgehead atoms. The molecule has 132 valence electrons. The van der Waals surface area contributed by atoms with Crippen molar-refractivity contribution < 1.29 is 13.5 Å². The monoisotopic (exact) mass is 351 g/mol. The predicted octanol–water partition coefficient (Wildman–Crippen LogP) is 3.18. The topological polar surface area (TPSA) is 95.9 Å². The summed E-state index contributed by atoms with van der Waals surface area (Å²) in [6.07, 6.45) is 1.07. The van der Waals surface area contributed by atoms with Gasteiger partial charge < -0.3 is 5.11 Å². The second kappa shape index (κ2) is 5.58. The van der Waals surface area contributed by atoms with Crippen LogP contribution in [-0.2, 0) is 20.7 Å². The van der Waals surface area contributed by atoms with Gasteiger partial charge in [-0.15, -0.1) is 5.10 Å². The number of benzene rings is 1. The van der Waals surface area contributed by atoms with Crippen molar-refractivity contribution >= 4 is 9.84 Å². The second-order valence-corrected chi connectivity index (χ2v) is 10.1. The van der Waals surface area contributed by atoms with E-state index in [1.165, 1.54) is 0 Å². The van der Waals surface area contributed by atoms with E-state index in [1.54, 1.807) is 0 Å². The number of aromatic amines is 1. The van der Waals surface area contributed by atoms with Crippen molar-refractivity contribution in [3.05, 3.63) is 23.3 Å². The number of sulfone groups is 1. The standard InChI is InChI=1S/C17H25N3O3S/c1-16(2,3)11-8-10(9-12(13(11)21)17(4,5)6)14-18-15(20-19-14)24(7,22)23/h8-9,21H,1-7H3,(H,18,19,20). The molecule has 0 saturated carbocycles. The number of phenols is 1. The Morgan fingerprint density at radius 1 is 1.00 bits per heavy atom. The summed E-state index contributed by atoms with van der Waals surface area (Å²) < 4.78 is 23.2. The van der Waals surface area contributed by atoms with Crippen LogP contribution < -0.4 is 0 Å². The lowest BCUT2D eigenvalue weighted by atomic mass is 9.78. The van der Waals surface area contributed by atoms with Gasteiger partial charge in [-0.05, 0) is 23.0 Å². The van der Waals surface area contributed by atoms with Crippen molar-refractivity contribution in [1.82, 2.24) is 15.2 Å². The molecule has 0 radical (unpaired) electrons. The van der Waals surface area contributed by atoms with Gasteiger partial charge in [0.15, 0.2) is 5.82 Å². The molecule has 0 aliphatic heterocycles. The predicted molar refractivity (Wildman–Crippen MR) is 94.0 cm³/mol. The summed E-state index contributed by atoms with van der Waals surface area (Å²) in [5.74, 6) is 0.632. The Bertz CT molecular complexity index is 834. The molecular formula is C17H25N3O3S. The highest BCUT2D eigenvalue weighted by molar-refractivity contribution is 7.90. The fraction of sp³-hybridized carbons (Fsp3) is 0.529. The zero-order chi connectivity index (χ0) is 18.5. The molecule has 1 aromatic carbocycles. The van der Waals surface area contributed by atoms with Crippen LogP contribution >= 0.6 is 0 Å². The molecule has 6 nitrogen and oxygen atoms in total. The maximum Gasteiger partial charge on any atom is 0.266 e. The van der Waals surface area contributed by atoms with E-state index in [0.29, 0.717) is 11.4 Å². The third kappa shape index (κ3) is 3.61. The molecule has 2 aromatic rings. The first-order valence-electron chi connectivity index (χ1n) is 7.72. The highest BCUT2D eigenvalue weighted by Gasteiger charge is 2.27. The summed E-state index contributed by atoms with van der Waals surface area (Å²) in [5.41, 5.74) is 1.70. The number of H-pyrrole nitrogens is 1. The van der Waals surface area contributed by atoms with E-state index in [1.807, 2.05) is 53.7 Å². The first-order chi connectivity index (χ1) is 10.7. The summed E-state index contributed by atoms with van der Waals surface area (Å²) in [6.45, 7) is 12.1. The lowest BCUT2D eigenvalue weighted by molar-refractivity contribution is 0.423. The first kappa shape index (κ1) is 18.4. The second-order valence-electron chi connectivity index (χ2n) is 8.16. The molecular weight excluding hydrogens is 326 g/mol. The van der Waals surface area contributed by atoms with Gasteiger partial charge in [-0.3, -0.25) is 5.10 Å². The van der Waals surface area contributed by atoms with Crippen molar-refractivity contribution in [3.63, 3.8) is 0 Å². The number of hydrogen-bond acceptors (Lipinski definition) is 5. The lowest BCUT2D eigenvalue weighted by Crippen LogP contribution is -2.17. The number of hydrogen-bond donors (Lipinski definition) is 2. The molecule has 2 N–H and O–H groups in total. The smallest absolute Gasteiger partial charge is 0.266 e. The number of nitrogens with one attached hydrogen (secondary N) is 1. The van der Waals surface area contributed by atoms with Gasteiger partial charge in [-0.1, -0.05) is 41.5 Å². The van der Waals surface area contributed by atoms with E-state index >= 15 is 0 Å². The largest absolute Gasteiger partial charge is 0.507 e. The Kier molecular flexibility index (Phi) is 4.29. The molecule has 0 fully saturated rings. The summed E-state index contributed by atoms with van der Waals surface area (Å²) in [7, 11) is -3.48. The van der Waals surface area contributed by atoms with E-state index in [9.17, 15) is 13.5 Å². The molecule has 24 heavy (non-hydrogen) atoms. The normalized spacial score (nSPS) is 13.3. The van der Waals surface area contributed by atoms with Crippen molar-refractivity contribution in [2.24, 2.45) is 0 Å². The lowest BCUT2D eigenvalue weighted by Gasteiger charge is -2.28. The highest BCUT2D eigenvalue weighted by atomic mass is 32.2. The van der Waals surface area contributed by atoms with E-state index in [4.69, 9.17) is 0 Å². The molecule has 0 atom stereocenters. The van der Waals surface area contributed by atoms with E-state index in [2.05, 4.69) is 15.2 Å². The number of phenolic OH excluding ortho intramolecular Hbond substituents is 1. The van der Waals surface area contributed by atoms with Crippen LogP contribution in [-0.4, -0.2) is 35.0 Å². The molecule has 0 amide bonds. The highest BCUT2D eigenvalue weighted by Crippen LogP contribution is 2.41. The molecule has 0 saturated heterocycles. The van der Waals surface area contributed by atoms with Crippen LogP contribution in [0, 0.1) is 0 Å². The van der Waals surface area contributed by atoms with Crippen molar-refractivity contribution in [1.29, 1.82) is 0 Å². The van der Waals surface area contributed by atoms with Crippen molar-refractivity contribution in [2.75, 3.05) is 6.26 Å². The third-order valence-electron chi connectivity index (χ3n) is 3.80. The van der Waals surface area contributed by atoms with Gasteiger partial charge in [-0.25, -0.2) is 8.42 Å². The Balaban J connectivity index is 2.74. The van der Waals surface area contributed by atoms with Gasteiger partial charge in [0.25, 0.3) is 5.16 Å². The minimum Gasteiger partial charge on any atom is -0.507 e. The summed E-state index contributed by atoms with van der Waals surface area (Å²) in [6, 6.07) is 3.66. The summed E-state index contributed by atoms with van der Waals surface area (Å²) in [5, 5.41) is 17.0. The first-order valence-corrected chi connectivity index (χ1v) is 9.61. The zero-order valence-electron chi connectivity index (χ0n) is 15.2. The molecule has 2 rings (SSSR count). The molecule has 0 unspecified atom stereocenters. The summed E-state index contributed by atoms with van der Waals surface area (Å²) >= 11 is 0. The van der Waals surface area contributed by atoms with Crippen LogP contribution in [0.2, 0.25) is 0 Å². The number of aromatic hydroxyl groups is 1. The summed E-state index contributed by atoms with van der Waals surface area (Å²) in [4.78, 5) is 4.09. The van der Waals surface area contributed by atoms with Gasteiger partial charge in [0.1, 0.15) is 5.75 Å². The molecule has 1 aromatic heterocycles. The molecule has 0 aliphatic carbocycles. The van der Waals surface area contributed by atoms with Gasteiger partial charge in [0, 0.05) is 22.9 Å². The van der Waals surface area contributed by atoms with Crippen LogP contribution in [0.15, 0.2) is 17.3 Å². The van der Waals surface area contributed by atoms with Crippen molar-refractivity contribution in [3.8, 4) is 17.1 Å². The number of aromatic nitrogens is 3. The average Bonchev–Trinajstić information content (AvgIpc) is 2.85. The maximum absolute atomic E-state index is 11.6. The Morgan fingerprint density at radius 3 is 1.79 bits per heavy atom. The minimum atomic E-state index is -3.48. The Hall–Kier alpha value is -1.89. The van der Waals surface area contributed by atoms with Crippen LogP contribution in [0.1, 0.15) is 52.7 Å². The van der Waals surface area contributed by atoms with E-state index < -0.39 is 9.84 Å². The quantitative estimate of drug-likeness (QED) is 0.866. The minimum absolute atomic E-state index is 0.236. The van der Waals surface area contributed by atoms with Crippen LogP contribution in [0.25, 0.3) is 11.4 Å². The zero-order valence-corrected chi connectivity index (χ0v) is 16.0. The molecule has 1 heterocycles. The van der Waals surface area contributed by atoms with Crippen LogP contribution in [0.4, 0.5) is 0 Å². The SMILES string of the molecule is CC(C)(C)c1cc(-c2nc(S(C)(=O)=O)n[nH]2)cc(C(C)(C)C)c1O. The Labute approximate surface area is 143 Å². The van der Waals surface area contributed by atoms with Crippen molar-refractivity contribution in [2.45, 2.75) is 57.5 Å². The molecule has 7 heteroatoms. The maximum atomic E-state index is 11.6. The fourth-order valence-electron chi connectivity index (χ4n) is 2.46. The van der Waals surface area contributed by atoms with Gasteiger partial charge >= 0.3 is 0 Å². The van der Waals surface area contributed by atoms with Crippen LogP contribution in [0.3, 0.4) is 0 Å². The number of rotatable bonds is 2. The van der Waals surface area contributed by atoms with Gasteiger partial charge in [-0.2, -0.15) is 4.98 Å². The van der Waals surface area contributed by atoms with Gasteiger partial charge in [0.05, 0.1) is 0 Å². The Morgan fingerprint density at radius 2 is 1.46 bits per heavy atom. The average molecular weight is 351 g/mol. The third-order valence-corrected chi connectivity index (χ3v) is 4.64. The van der Waals surface area contributed by atoms with E-state index in [-0.39, 0.29) is 21.7 Å². The molecule has 0 aliphatic rings. The van der Waals surface area contributed by atoms with Gasteiger partial charge in [0.2, 0.25) is 9.84 Å². The number of nitrogens with zero attached hydrogens (tertiary/aromatic N) is 2.